The molecule has 0 atom stereocenters. The molecule has 0 saturated heterocycles. The summed E-state index contributed by atoms with van der Waals surface area (Å²) in [5, 5.41) is 2.69. The number of benzene rings is 1. The van der Waals surface area contributed by atoms with Crippen LogP contribution in [0.15, 0.2) is 47.5 Å². The van der Waals surface area contributed by atoms with Gasteiger partial charge in [-0.15, -0.1) is 0 Å². The Labute approximate surface area is 140 Å². The smallest absolute Gasteiger partial charge is 0.255 e. The number of methoxy groups -OCH3 is 1. The van der Waals surface area contributed by atoms with E-state index >= 15 is 0 Å². The van der Waals surface area contributed by atoms with E-state index in [1.54, 1.807) is 12.1 Å². The van der Waals surface area contributed by atoms with Gasteiger partial charge in [-0.05, 0) is 43.2 Å². The Bertz CT molecular complexity index is 829. The van der Waals surface area contributed by atoms with E-state index in [-0.39, 0.29) is 16.8 Å². The second-order valence-electron chi connectivity index (χ2n) is 5.46. The molecule has 1 saturated carbocycles. The fraction of sp³-hybridized carbons (Fsp3) is 0.250. The maximum atomic E-state index is 12.2. The predicted octanol–water partition coefficient (Wildman–Crippen LogP) is 1.78. The number of nitrogens with zero attached hydrogens (tertiary/aromatic N) is 1. The Kier molecular flexibility index (Phi) is 4.50. The van der Waals surface area contributed by atoms with E-state index in [4.69, 9.17) is 4.74 Å². The molecule has 0 aliphatic heterocycles. The molecule has 1 aromatic heterocycles. The Balaban J connectivity index is 1.68. The van der Waals surface area contributed by atoms with Crippen molar-refractivity contribution >= 4 is 21.6 Å². The first kappa shape index (κ1) is 16.4. The number of aromatic nitrogens is 1. The summed E-state index contributed by atoms with van der Waals surface area (Å²) in [6.45, 7) is 0. The number of pyridine rings is 1. The molecule has 0 spiro atoms. The third kappa shape index (κ3) is 3.90. The number of ether oxygens (including phenoxy) is 1. The van der Waals surface area contributed by atoms with Crippen molar-refractivity contribution < 1.29 is 17.9 Å². The number of rotatable bonds is 6. The number of anilines is 1. The zero-order valence-electron chi connectivity index (χ0n) is 13.0. The molecule has 0 unspecified atom stereocenters. The molecule has 1 fully saturated rings. The molecule has 24 heavy (non-hydrogen) atoms. The molecule has 126 valence electrons. The van der Waals surface area contributed by atoms with Crippen LogP contribution in [0.25, 0.3) is 0 Å². The van der Waals surface area contributed by atoms with Gasteiger partial charge in [0.2, 0.25) is 15.9 Å². The van der Waals surface area contributed by atoms with Gasteiger partial charge in [0, 0.05) is 17.7 Å². The first-order valence-corrected chi connectivity index (χ1v) is 8.90. The monoisotopic (exact) mass is 347 g/mol. The van der Waals surface area contributed by atoms with Crippen LogP contribution >= 0.6 is 0 Å². The summed E-state index contributed by atoms with van der Waals surface area (Å²) in [6, 6.07) is 9.15. The number of amides is 1. The largest absolute Gasteiger partial charge is 0.481 e. The molecule has 8 heteroatoms. The molecule has 3 rings (SSSR count). The summed E-state index contributed by atoms with van der Waals surface area (Å²) < 4.78 is 31.7. The number of hydrogen-bond acceptors (Lipinski definition) is 5. The third-order valence-electron chi connectivity index (χ3n) is 3.53. The Hall–Kier alpha value is -2.45. The van der Waals surface area contributed by atoms with Gasteiger partial charge in [-0.2, -0.15) is 0 Å². The minimum absolute atomic E-state index is 0.0422. The van der Waals surface area contributed by atoms with Crippen molar-refractivity contribution in [2.24, 2.45) is 0 Å². The summed E-state index contributed by atoms with van der Waals surface area (Å²) in [6.07, 6.45) is 3.22. The van der Waals surface area contributed by atoms with Crippen LogP contribution in [-0.2, 0) is 10.0 Å². The van der Waals surface area contributed by atoms with E-state index < -0.39 is 10.0 Å². The average Bonchev–Trinajstić information content (AvgIpc) is 3.39. The van der Waals surface area contributed by atoms with Gasteiger partial charge in [0.1, 0.15) is 0 Å². The van der Waals surface area contributed by atoms with E-state index in [1.807, 2.05) is 0 Å². The molecule has 0 radical (unpaired) electrons. The summed E-state index contributed by atoms with van der Waals surface area (Å²) in [5.74, 6) is 0.104. The zero-order chi connectivity index (χ0) is 17.2. The van der Waals surface area contributed by atoms with Gasteiger partial charge in [0.05, 0.1) is 23.9 Å². The molecular formula is C16H17N3O4S. The van der Waals surface area contributed by atoms with E-state index in [2.05, 4.69) is 15.0 Å². The van der Waals surface area contributed by atoms with Crippen LogP contribution in [0.1, 0.15) is 23.2 Å². The van der Waals surface area contributed by atoms with Crippen molar-refractivity contribution in [1.29, 1.82) is 0 Å². The molecule has 7 nitrogen and oxygen atoms in total. The van der Waals surface area contributed by atoms with Crippen LogP contribution in [0.2, 0.25) is 0 Å². The van der Waals surface area contributed by atoms with Crippen LogP contribution in [0.4, 0.5) is 5.69 Å². The summed E-state index contributed by atoms with van der Waals surface area (Å²) in [4.78, 5) is 16.3. The maximum Gasteiger partial charge on any atom is 0.255 e. The molecule has 2 aromatic rings. The number of carbonyl (C=O) groups excluding carboxylic acids is 1. The summed E-state index contributed by atoms with van der Waals surface area (Å²) in [7, 11) is -2.00. The molecule has 1 amide bonds. The highest BCUT2D eigenvalue weighted by Crippen LogP contribution is 2.22. The van der Waals surface area contributed by atoms with Gasteiger partial charge in [0.15, 0.2) is 0 Å². The third-order valence-corrected chi connectivity index (χ3v) is 5.07. The Morgan fingerprint density at radius 1 is 1.17 bits per heavy atom. The van der Waals surface area contributed by atoms with E-state index in [0.717, 1.165) is 12.8 Å². The fourth-order valence-electron chi connectivity index (χ4n) is 2.05. The van der Waals surface area contributed by atoms with Crippen molar-refractivity contribution in [3.8, 4) is 5.88 Å². The number of nitrogens with one attached hydrogen (secondary N) is 2. The van der Waals surface area contributed by atoms with Gasteiger partial charge < -0.3 is 10.1 Å². The fourth-order valence-corrected chi connectivity index (χ4v) is 3.36. The standard InChI is InChI=1S/C16H17N3O4S/c1-23-15-9-6-13(10-17-15)18-16(20)11-2-7-14(8-3-11)24(21,22)19-12-4-5-12/h2-3,6-10,12,19H,4-5H2,1H3,(H,18,20). The highest BCUT2D eigenvalue weighted by atomic mass is 32.2. The van der Waals surface area contributed by atoms with Crippen molar-refractivity contribution in [1.82, 2.24) is 9.71 Å². The molecular weight excluding hydrogens is 330 g/mol. The molecule has 1 aliphatic carbocycles. The zero-order valence-corrected chi connectivity index (χ0v) is 13.8. The molecule has 1 aromatic carbocycles. The van der Waals surface area contributed by atoms with E-state index in [9.17, 15) is 13.2 Å². The number of hydrogen-bond donors (Lipinski definition) is 2. The minimum atomic E-state index is -3.51. The molecule has 2 N–H and O–H groups in total. The normalized spacial score (nSPS) is 14.2. The number of sulfonamides is 1. The van der Waals surface area contributed by atoms with Crippen molar-refractivity contribution in [2.75, 3.05) is 12.4 Å². The van der Waals surface area contributed by atoms with E-state index in [1.165, 1.54) is 37.6 Å². The van der Waals surface area contributed by atoms with Crippen LogP contribution in [0.3, 0.4) is 0 Å². The minimum Gasteiger partial charge on any atom is -0.481 e. The Morgan fingerprint density at radius 2 is 1.88 bits per heavy atom. The molecule has 1 aliphatic rings. The van der Waals surface area contributed by atoms with Crippen molar-refractivity contribution in [3.05, 3.63) is 48.2 Å². The second kappa shape index (κ2) is 6.58. The lowest BCUT2D eigenvalue weighted by Crippen LogP contribution is -2.25. The topological polar surface area (TPSA) is 97.4 Å². The first-order chi connectivity index (χ1) is 11.5. The van der Waals surface area contributed by atoms with Crippen molar-refractivity contribution in [2.45, 2.75) is 23.8 Å². The Morgan fingerprint density at radius 3 is 2.42 bits per heavy atom. The van der Waals surface area contributed by atoms with Crippen LogP contribution in [0.5, 0.6) is 5.88 Å². The predicted molar refractivity (Wildman–Crippen MR) is 88.5 cm³/mol. The van der Waals surface area contributed by atoms with Crippen molar-refractivity contribution in [3.63, 3.8) is 0 Å². The lowest BCUT2D eigenvalue weighted by Gasteiger charge is -2.08. The lowest BCUT2D eigenvalue weighted by atomic mass is 10.2. The van der Waals surface area contributed by atoms with Gasteiger partial charge in [0.25, 0.3) is 5.91 Å². The maximum absolute atomic E-state index is 12.2. The van der Waals surface area contributed by atoms with E-state index in [0.29, 0.717) is 17.1 Å². The summed E-state index contributed by atoms with van der Waals surface area (Å²) in [5.41, 5.74) is 0.879. The van der Waals surface area contributed by atoms with Gasteiger partial charge in [-0.25, -0.2) is 18.1 Å². The van der Waals surface area contributed by atoms with Crippen LogP contribution in [0, 0.1) is 0 Å². The average molecular weight is 347 g/mol. The SMILES string of the molecule is COc1ccc(NC(=O)c2ccc(S(=O)(=O)NC3CC3)cc2)cn1. The van der Waals surface area contributed by atoms with Gasteiger partial charge >= 0.3 is 0 Å². The lowest BCUT2D eigenvalue weighted by molar-refractivity contribution is 0.102. The molecule has 0 bridgehead atoms. The number of carbonyl (C=O) groups is 1. The summed E-state index contributed by atoms with van der Waals surface area (Å²) >= 11 is 0. The quantitative estimate of drug-likeness (QED) is 0.830. The second-order valence-corrected chi connectivity index (χ2v) is 7.18. The highest BCUT2D eigenvalue weighted by molar-refractivity contribution is 7.89. The molecule has 1 heterocycles. The van der Waals surface area contributed by atoms with Gasteiger partial charge in [-0.3, -0.25) is 4.79 Å². The van der Waals surface area contributed by atoms with Gasteiger partial charge in [-0.1, -0.05) is 0 Å². The van der Waals surface area contributed by atoms with Crippen LogP contribution < -0.4 is 14.8 Å². The highest BCUT2D eigenvalue weighted by Gasteiger charge is 2.27. The first-order valence-electron chi connectivity index (χ1n) is 7.42. The van der Waals surface area contributed by atoms with Crippen LogP contribution in [-0.4, -0.2) is 32.5 Å².